The summed E-state index contributed by atoms with van der Waals surface area (Å²) in [5.41, 5.74) is 1.07. The fourth-order valence-corrected chi connectivity index (χ4v) is 2.33. The first kappa shape index (κ1) is 13.0. The summed E-state index contributed by atoms with van der Waals surface area (Å²) in [5.74, 6) is -0.0397. The van der Waals surface area contributed by atoms with Gasteiger partial charge in [-0.25, -0.2) is 4.39 Å². The zero-order valence-corrected chi connectivity index (χ0v) is 10.6. The molecule has 0 spiro atoms. The number of piperidine rings is 1. The van der Waals surface area contributed by atoms with Gasteiger partial charge in [-0.3, -0.25) is 4.79 Å². The molecule has 2 rings (SSSR count). The summed E-state index contributed by atoms with van der Waals surface area (Å²) >= 11 is 0. The van der Waals surface area contributed by atoms with Gasteiger partial charge in [0.15, 0.2) is 0 Å². The normalized spacial score (nSPS) is 16.6. The molecule has 1 amide bonds. The predicted molar refractivity (Wildman–Crippen MR) is 70.0 cm³/mol. The number of carbonyl (C=O) groups is 1. The van der Waals surface area contributed by atoms with Crippen LogP contribution in [-0.2, 0) is 4.79 Å². The van der Waals surface area contributed by atoms with Crippen LogP contribution in [0.1, 0.15) is 24.8 Å². The van der Waals surface area contributed by atoms with Crippen LogP contribution >= 0.6 is 0 Å². The molecule has 2 N–H and O–H groups in total. The van der Waals surface area contributed by atoms with Gasteiger partial charge in [-0.1, -0.05) is 12.1 Å². The first-order valence-electron chi connectivity index (χ1n) is 6.42. The van der Waals surface area contributed by atoms with Crippen molar-refractivity contribution in [2.75, 3.05) is 18.4 Å². The Bertz CT molecular complexity index is 408. The van der Waals surface area contributed by atoms with Gasteiger partial charge in [0.25, 0.3) is 0 Å². The Morgan fingerprint density at radius 2 is 2.17 bits per heavy atom. The molecule has 1 fully saturated rings. The number of benzene rings is 1. The van der Waals surface area contributed by atoms with E-state index in [2.05, 4.69) is 10.6 Å². The van der Waals surface area contributed by atoms with Crippen molar-refractivity contribution in [2.24, 2.45) is 5.92 Å². The molecule has 0 atom stereocenters. The number of rotatable bonds is 3. The highest BCUT2D eigenvalue weighted by molar-refractivity contribution is 5.91. The molecule has 1 aromatic rings. The van der Waals surface area contributed by atoms with Crippen molar-refractivity contribution in [3.8, 4) is 0 Å². The van der Waals surface area contributed by atoms with Crippen LogP contribution in [0.2, 0.25) is 0 Å². The smallest absolute Gasteiger partial charge is 0.224 e. The van der Waals surface area contributed by atoms with E-state index in [1.54, 1.807) is 19.1 Å². The highest BCUT2D eigenvalue weighted by Crippen LogP contribution is 2.21. The molecule has 0 aliphatic carbocycles. The second-order valence-corrected chi connectivity index (χ2v) is 4.88. The van der Waals surface area contributed by atoms with Crippen molar-refractivity contribution in [1.82, 2.24) is 5.32 Å². The lowest BCUT2D eigenvalue weighted by Crippen LogP contribution is -2.30. The lowest BCUT2D eigenvalue weighted by molar-refractivity contribution is -0.117. The summed E-state index contributed by atoms with van der Waals surface area (Å²) in [7, 11) is 0. The van der Waals surface area contributed by atoms with E-state index in [0.717, 1.165) is 31.5 Å². The van der Waals surface area contributed by atoms with Crippen LogP contribution in [0, 0.1) is 18.7 Å². The van der Waals surface area contributed by atoms with Gasteiger partial charge in [-0.05, 0) is 50.4 Å². The van der Waals surface area contributed by atoms with Gasteiger partial charge in [-0.2, -0.15) is 0 Å². The van der Waals surface area contributed by atoms with E-state index in [0.29, 0.717) is 18.0 Å². The number of halogens is 1. The monoisotopic (exact) mass is 250 g/mol. The number of aryl methyl sites for hydroxylation is 1. The van der Waals surface area contributed by atoms with Gasteiger partial charge >= 0.3 is 0 Å². The highest BCUT2D eigenvalue weighted by atomic mass is 19.1. The summed E-state index contributed by atoms with van der Waals surface area (Å²) in [4.78, 5) is 11.9. The van der Waals surface area contributed by atoms with Crippen LogP contribution in [0.25, 0.3) is 0 Å². The van der Waals surface area contributed by atoms with E-state index in [1.165, 1.54) is 6.07 Å². The number of para-hydroxylation sites is 1. The fraction of sp³-hybridized carbons (Fsp3) is 0.500. The minimum absolute atomic E-state index is 0.0879. The summed E-state index contributed by atoms with van der Waals surface area (Å²) < 4.78 is 13.6. The molecule has 3 nitrogen and oxygen atoms in total. The van der Waals surface area contributed by atoms with E-state index >= 15 is 0 Å². The van der Waals surface area contributed by atoms with E-state index < -0.39 is 0 Å². The third kappa shape index (κ3) is 3.29. The number of amides is 1. The lowest BCUT2D eigenvalue weighted by Gasteiger charge is -2.22. The predicted octanol–water partition coefficient (Wildman–Crippen LogP) is 2.46. The minimum atomic E-state index is -0.367. The topological polar surface area (TPSA) is 41.1 Å². The molecule has 1 aromatic carbocycles. The van der Waals surface area contributed by atoms with Crippen LogP contribution < -0.4 is 10.6 Å². The van der Waals surface area contributed by atoms with Crippen LogP contribution in [0.5, 0.6) is 0 Å². The van der Waals surface area contributed by atoms with Crippen molar-refractivity contribution >= 4 is 11.6 Å². The van der Waals surface area contributed by atoms with E-state index in [-0.39, 0.29) is 11.7 Å². The summed E-state index contributed by atoms with van der Waals surface area (Å²) in [6.07, 6.45) is 2.52. The molecule has 0 aromatic heterocycles. The first-order valence-corrected chi connectivity index (χ1v) is 6.42. The second-order valence-electron chi connectivity index (χ2n) is 4.88. The van der Waals surface area contributed by atoms with Crippen molar-refractivity contribution in [2.45, 2.75) is 26.2 Å². The van der Waals surface area contributed by atoms with Gasteiger partial charge in [0.1, 0.15) is 5.82 Å². The van der Waals surface area contributed by atoms with Gasteiger partial charge in [0, 0.05) is 6.42 Å². The highest BCUT2D eigenvalue weighted by Gasteiger charge is 2.18. The Balaban J connectivity index is 1.94. The molecule has 98 valence electrons. The molecule has 1 aliphatic heterocycles. The molecule has 0 saturated carbocycles. The lowest BCUT2D eigenvalue weighted by atomic mass is 9.94. The molecular weight excluding hydrogens is 231 g/mol. The number of hydrogen-bond acceptors (Lipinski definition) is 2. The van der Waals surface area contributed by atoms with Crippen LogP contribution in [0.15, 0.2) is 18.2 Å². The van der Waals surface area contributed by atoms with Gasteiger partial charge in [0.05, 0.1) is 5.69 Å². The summed E-state index contributed by atoms with van der Waals surface area (Å²) in [6, 6.07) is 4.81. The quantitative estimate of drug-likeness (QED) is 0.865. The van der Waals surface area contributed by atoms with E-state index in [4.69, 9.17) is 0 Å². The molecule has 4 heteroatoms. The molecule has 1 heterocycles. The third-order valence-corrected chi connectivity index (χ3v) is 3.42. The average molecular weight is 250 g/mol. The molecule has 1 saturated heterocycles. The van der Waals surface area contributed by atoms with Crippen molar-refractivity contribution in [3.05, 3.63) is 29.6 Å². The minimum Gasteiger partial charge on any atom is -0.323 e. The number of anilines is 1. The molecule has 0 unspecified atom stereocenters. The standard InChI is InChI=1S/C14H19FN2O/c1-10-3-2-4-12(15)14(10)17-13(18)9-11-5-7-16-8-6-11/h2-4,11,16H,5-9H2,1H3,(H,17,18). The summed E-state index contributed by atoms with van der Waals surface area (Å²) in [5, 5.41) is 5.96. The van der Waals surface area contributed by atoms with Gasteiger partial charge in [0.2, 0.25) is 5.91 Å². The average Bonchev–Trinajstić information content (AvgIpc) is 2.35. The maximum absolute atomic E-state index is 13.6. The Morgan fingerprint density at radius 3 is 2.83 bits per heavy atom. The fourth-order valence-electron chi connectivity index (χ4n) is 2.33. The van der Waals surface area contributed by atoms with Crippen molar-refractivity contribution < 1.29 is 9.18 Å². The molecule has 18 heavy (non-hydrogen) atoms. The number of carbonyl (C=O) groups excluding carboxylic acids is 1. The largest absolute Gasteiger partial charge is 0.323 e. The Labute approximate surface area is 107 Å². The Morgan fingerprint density at radius 1 is 1.44 bits per heavy atom. The molecular formula is C14H19FN2O. The van der Waals surface area contributed by atoms with Gasteiger partial charge < -0.3 is 10.6 Å². The van der Waals surface area contributed by atoms with Crippen LogP contribution in [-0.4, -0.2) is 19.0 Å². The van der Waals surface area contributed by atoms with E-state index in [1.807, 2.05) is 0 Å². The molecule has 0 bridgehead atoms. The summed E-state index contributed by atoms with van der Waals surface area (Å²) in [6.45, 7) is 3.73. The van der Waals surface area contributed by atoms with E-state index in [9.17, 15) is 9.18 Å². The Kier molecular flexibility index (Phi) is 4.31. The molecule has 0 radical (unpaired) electrons. The van der Waals surface area contributed by atoms with Crippen molar-refractivity contribution in [1.29, 1.82) is 0 Å². The number of hydrogen-bond donors (Lipinski definition) is 2. The second kappa shape index (κ2) is 5.96. The third-order valence-electron chi connectivity index (χ3n) is 3.42. The number of nitrogens with one attached hydrogen (secondary N) is 2. The zero-order chi connectivity index (χ0) is 13.0. The Hall–Kier alpha value is -1.42. The van der Waals surface area contributed by atoms with Crippen LogP contribution in [0.3, 0.4) is 0 Å². The van der Waals surface area contributed by atoms with Crippen molar-refractivity contribution in [3.63, 3.8) is 0 Å². The maximum Gasteiger partial charge on any atom is 0.224 e. The molecule has 1 aliphatic rings. The first-order chi connectivity index (χ1) is 8.66. The maximum atomic E-state index is 13.6. The SMILES string of the molecule is Cc1cccc(F)c1NC(=O)CC1CCNCC1. The van der Waals surface area contributed by atoms with Gasteiger partial charge in [-0.15, -0.1) is 0 Å². The zero-order valence-electron chi connectivity index (χ0n) is 10.6. The van der Waals surface area contributed by atoms with Crippen LogP contribution in [0.4, 0.5) is 10.1 Å².